The lowest BCUT2D eigenvalue weighted by molar-refractivity contribution is 0.173. The summed E-state index contributed by atoms with van der Waals surface area (Å²) in [5.41, 5.74) is 4.34. The number of hydrogen-bond acceptors (Lipinski definition) is 5. The van der Waals surface area contributed by atoms with Crippen molar-refractivity contribution < 1.29 is 18.9 Å². The molecule has 0 aliphatic carbocycles. The highest BCUT2D eigenvalue weighted by Crippen LogP contribution is 2.39. The topological polar surface area (TPSA) is 49.3 Å². The SMILES string of the molecule is CC1Cc2cc3c(cc2C(c2ccc4c(c2)OCO4)=N1)OCO3.Cl. The van der Waals surface area contributed by atoms with Crippen LogP contribution in [0.4, 0.5) is 0 Å². The molecule has 0 aromatic heterocycles. The fourth-order valence-corrected chi connectivity index (χ4v) is 3.30. The van der Waals surface area contributed by atoms with Crippen LogP contribution in [-0.4, -0.2) is 25.3 Å². The van der Waals surface area contributed by atoms with Gasteiger partial charge >= 0.3 is 0 Å². The van der Waals surface area contributed by atoms with Crippen molar-refractivity contribution in [3.63, 3.8) is 0 Å². The maximum absolute atomic E-state index is 5.53. The lowest BCUT2D eigenvalue weighted by Gasteiger charge is -2.22. The third-order valence-electron chi connectivity index (χ3n) is 4.36. The van der Waals surface area contributed by atoms with Crippen molar-refractivity contribution >= 4 is 18.1 Å². The van der Waals surface area contributed by atoms with Crippen LogP contribution in [0.1, 0.15) is 23.6 Å². The molecule has 5 rings (SSSR count). The first-order chi connectivity index (χ1) is 11.3. The Kier molecular flexibility index (Phi) is 3.53. The van der Waals surface area contributed by atoms with Gasteiger partial charge in [0, 0.05) is 11.1 Å². The Labute approximate surface area is 145 Å². The average Bonchev–Trinajstić information content (AvgIpc) is 3.19. The van der Waals surface area contributed by atoms with E-state index in [-0.39, 0.29) is 32.0 Å². The predicted octanol–water partition coefficient (Wildman–Crippen LogP) is 3.35. The first kappa shape index (κ1) is 15.1. The fraction of sp³-hybridized carbons (Fsp3) is 0.278. The third-order valence-corrected chi connectivity index (χ3v) is 4.36. The van der Waals surface area contributed by atoms with E-state index in [1.165, 1.54) is 5.56 Å². The molecule has 2 aromatic carbocycles. The van der Waals surface area contributed by atoms with Gasteiger partial charge in [0.2, 0.25) is 13.6 Å². The Bertz CT molecular complexity index is 849. The van der Waals surface area contributed by atoms with Crippen molar-refractivity contribution in [3.8, 4) is 23.0 Å². The van der Waals surface area contributed by atoms with Gasteiger partial charge in [-0.3, -0.25) is 4.99 Å². The number of benzene rings is 2. The molecule has 1 atom stereocenters. The van der Waals surface area contributed by atoms with Gasteiger partial charge in [-0.05, 0) is 49.2 Å². The summed E-state index contributed by atoms with van der Waals surface area (Å²) in [6, 6.07) is 10.3. The van der Waals surface area contributed by atoms with Gasteiger partial charge in [0.25, 0.3) is 0 Å². The van der Waals surface area contributed by atoms with E-state index in [0.717, 1.165) is 46.3 Å². The summed E-state index contributed by atoms with van der Waals surface area (Å²) in [4.78, 5) is 4.87. The lowest BCUT2D eigenvalue weighted by atomic mass is 9.90. The van der Waals surface area contributed by atoms with Gasteiger partial charge in [-0.15, -0.1) is 12.4 Å². The van der Waals surface area contributed by atoms with Crippen LogP contribution in [0.5, 0.6) is 23.0 Å². The molecular weight excluding hydrogens is 330 g/mol. The molecule has 0 amide bonds. The number of aliphatic imine (C=N–C) groups is 1. The summed E-state index contributed by atoms with van der Waals surface area (Å²) in [5.74, 6) is 3.16. The minimum atomic E-state index is 0. The summed E-state index contributed by atoms with van der Waals surface area (Å²) < 4.78 is 21.9. The second-order valence-corrected chi connectivity index (χ2v) is 5.96. The zero-order valence-corrected chi connectivity index (χ0v) is 13.9. The molecule has 5 nitrogen and oxygen atoms in total. The summed E-state index contributed by atoms with van der Waals surface area (Å²) >= 11 is 0. The van der Waals surface area contributed by atoms with Gasteiger partial charge in [0.05, 0.1) is 11.8 Å². The van der Waals surface area contributed by atoms with Gasteiger partial charge < -0.3 is 18.9 Å². The number of nitrogens with zero attached hydrogens (tertiary/aromatic N) is 1. The molecule has 1 unspecified atom stereocenters. The van der Waals surface area contributed by atoms with Gasteiger partial charge in [-0.2, -0.15) is 0 Å². The second-order valence-electron chi connectivity index (χ2n) is 5.96. The molecule has 24 heavy (non-hydrogen) atoms. The van der Waals surface area contributed by atoms with Crippen molar-refractivity contribution in [2.75, 3.05) is 13.6 Å². The van der Waals surface area contributed by atoms with Crippen molar-refractivity contribution in [2.45, 2.75) is 19.4 Å². The van der Waals surface area contributed by atoms with Crippen LogP contribution in [0.2, 0.25) is 0 Å². The number of halogens is 1. The summed E-state index contributed by atoms with van der Waals surface area (Å²) in [6.45, 7) is 2.68. The van der Waals surface area contributed by atoms with E-state index in [1.54, 1.807) is 0 Å². The Morgan fingerprint density at radius 1 is 0.875 bits per heavy atom. The molecule has 3 aliphatic rings. The van der Waals surface area contributed by atoms with E-state index in [0.29, 0.717) is 0 Å². The highest BCUT2D eigenvalue weighted by Gasteiger charge is 2.26. The van der Waals surface area contributed by atoms with Crippen molar-refractivity contribution in [1.82, 2.24) is 0 Å². The molecule has 0 radical (unpaired) electrons. The molecule has 2 aromatic rings. The normalized spacial score (nSPS) is 19.4. The summed E-state index contributed by atoms with van der Waals surface area (Å²) in [6.07, 6.45) is 0.903. The lowest BCUT2D eigenvalue weighted by Crippen LogP contribution is -2.19. The molecule has 6 heteroatoms. The Morgan fingerprint density at radius 3 is 2.33 bits per heavy atom. The maximum atomic E-state index is 5.53. The first-order valence-electron chi connectivity index (χ1n) is 7.68. The van der Waals surface area contributed by atoms with E-state index in [1.807, 2.05) is 24.3 Å². The standard InChI is InChI=1S/C18H15NO4.ClH/c1-10-4-12-6-16-17(23-9-22-16)7-13(12)18(19-10)11-2-3-14-15(5-11)21-8-20-14;/h2-3,5-7,10H,4,8-9H2,1H3;1H. The smallest absolute Gasteiger partial charge is 0.231 e. The zero-order chi connectivity index (χ0) is 15.4. The van der Waals surface area contributed by atoms with Gasteiger partial charge in [-0.25, -0.2) is 0 Å². The Morgan fingerprint density at radius 2 is 1.54 bits per heavy atom. The molecule has 0 saturated carbocycles. The quantitative estimate of drug-likeness (QED) is 0.795. The van der Waals surface area contributed by atoms with Crippen LogP contribution in [0.3, 0.4) is 0 Å². The Hall–Kier alpha value is -2.40. The van der Waals surface area contributed by atoms with Crippen LogP contribution in [0.15, 0.2) is 35.3 Å². The third kappa shape index (κ3) is 2.27. The molecular formula is C18H16ClNO4. The van der Waals surface area contributed by atoms with Gasteiger partial charge in [0.15, 0.2) is 23.0 Å². The van der Waals surface area contributed by atoms with Crippen LogP contribution in [-0.2, 0) is 6.42 Å². The molecule has 3 aliphatic heterocycles. The first-order valence-corrected chi connectivity index (χ1v) is 7.68. The van der Waals surface area contributed by atoms with Crippen LogP contribution in [0.25, 0.3) is 0 Å². The van der Waals surface area contributed by atoms with Gasteiger partial charge in [-0.1, -0.05) is 0 Å². The van der Waals surface area contributed by atoms with Gasteiger partial charge in [0.1, 0.15) is 0 Å². The highest BCUT2D eigenvalue weighted by atomic mass is 35.5. The highest BCUT2D eigenvalue weighted by molar-refractivity contribution is 6.15. The van der Waals surface area contributed by atoms with E-state index in [2.05, 4.69) is 13.0 Å². The fourth-order valence-electron chi connectivity index (χ4n) is 3.30. The summed E-state index contributed by atoms with van der Waals surface area (Å²) in [5, 5.41) is 0. The van der Waals surface area contributed by atoms with Crippen molar-refractivity contribution in [3.05, 3.63) is 47.0 Å². The van der Waals surface area contributed by atoms with E-state index in [9.17, 15) is 0 Å². The van der Waals surface area contributed by atoms with E-state index < -0.39 is 0 Å². The largest absolute Gasteiger partial charge is 0.454 e. The molecule has 0 N–H and O–H groups in total. The molecule has 0 fully saturated rings. The molecule has 124 valence electrons. The van der Waals surface area contributed by atoms with E-state index >= 15 is 0 Å². The molecule has 0 spiro atoms. The Balaban J connectivity index is 0.00000146. The number of rotatable bonds is 1. The second kappa shape index (κ2) is 5.60. The molecule has 0 saturated heterocycles. The monoisotopic (exact) mass is 345 g/mol. The number of ether oxygens (including phenoxy) is 4. The average molecular weight is 346 g/mol. The van der Waals surface area contributed by atoms with Crippen molar-refractivity contribution in [2.24, 2.45) is 4.99 Å². The minimum absolute atomic E-state index is 0. The minimum Gasteiger partial charge on any atom is -0.454 e. The predicted molar refractivity (Wildman–Crippen MR) is 91.2 cm³/mol. The molecule has 3 heterocycles. The zero-order valence-electron chi connectivity index (χ0n) is 13.1. The van der Waals surface area contributed by atoms with Crippen LogP contribution < -0.4 is 18.9 Å². The van der Waals surface area contributed by atoms with E-state index in [4.69, 9.17) is 23.9 Å². The maximum Gasteiger partial charge on any atom is 0.231 e. The van der Waals surface area contributed by atoms with Crippen LogP contribution >= 0.6 is 12.4 Å². The van der Waals surface area contributed by atoms with Crippen LogP contribution in [0, 0.1) is 0 Å². The van der Waals surface area contributed by atoms with Crippen molar-refractivity contribution in [1.29, 1.82) is 0 Å². The number of hydrogen-bond donors (Lipinski definition) is 0. The molecule has 0 bridgehead atoms. The number of fused-ring (bicyclic) bond motifs is 3. The summed E-state index contributed by atoms with van der Waals surface area (Å²) in [7, 11) is 0.